The molecular weight excluding hydrogens is 433 g/mol. The minimum Gasteiger partial charge on any atom is -0.304 e. The lowest BCUT2D eigenvalue weighted by molar-refractivity contribution is -0.145. The monoisotopic (exact) mass is 438 g/mol. The van der Waals surface area contributed by atoms with Crippen LogP contribution in [0.1, 0.15) is 11.3 Å². The van der Waals surface area contributed by atoms with Crippen LogP contribution in [0.4, 0.5) is 42.6 Å². The maximum Gasteiger partial charge on any atom is 0.433 e. The number of amides is 2. The quantitative estimate of drug-likeness (QED) is 0.429. The zero-order valence-electron chi connectivity index (χ0n) is 12.0. The Hall–Kier alpha value is -1.92. The highest BCUT2D eigenvalue weighted by atomic mass is 35.5. The number of pyridine rings is 1. The zero-order valence-corrected chi connectivity index (χ0v) is 14.3. The maximum atomic E-state index is 12.7. The molecule has 2 heterocycles. The van der Waals surface area contributed by atoms with Gasteiger partial charge in [-0.15, -0.1) is 11.3 Å². The number of aromatic nitrogens is 1. The van der Waals surface area contributed by atoms with Crippen molar-refractivity contribution >= 4 is 52.1 Å². The van der Waals surface area contributed by atoms with Crippen LogP contribution in [0.25, 0.3) is 0 Å². The van der Waals surface area contributed by atoms with Crippen LogP contribution in [-0.2, 0) is 12.4 Å². The third-order valence-electron chi connectivity index (χ3n) is 2.65. The molecule has 14 heteroatoms. The van der Waals surface area contributed by atoms with Gasteiger partial charge in [-0.1, -0.05) is 23.2 Å². The van der Waals surface area contributed by atoms with E-state index in [-0.39, 0.29) is 20.4 Å². The molecule has 0 radical (unpaired) electrons. The summed E-state index contributed by atoms with van der Waals surface area (Å²) in [5.74, 6) is -0.864. The van der Waals surface area contributed by atoms with Crippen LogP contribution in [0.3, 0.4) is 0 Å². The summed E-state index contributed by atoms with van der Waals surface area (Å²) in [6, 6.07) is 0.454. The van der Waals surface area contributed by atoms with E-state index in [4.69, 9.17) is 23.2 Å². The molecule has 142 valence electrons. The predicted molar refractivity (Wildman–Crippen MR) is 84.4 cm³/mol. The molecule has 2 amide bonds. The number of halogens is 8. The first-order chi connectivity index (χ1) is 11.9. The second kappa shape index (κ2) is 7.37. The van der Waals surface area contributed by atoms with Crippen LogP contribution in [-0.4, -0.2) is 11.0 Å². The Balaban J connectivity index is 2.15. The molecule has 0 saturated heterocycles. The Kier molecular flexibility index (Phi) is 5.78. The van der Waals surface area contributed by atoms with Gasteiger partial charge in [-0.3, -0.25) is 10.9 Å². The highest BCUT2D eigenvalue weighted by molar-refractivity contribution is 7.20. The molecule has 0 bridgehead atoms. The van der Waals surface area contributed by atoms with E-state index in [9.17, 15) is 31.1 Å². The number of urea groups is 1. The highest BCUT2D eigenvalue weighted by Crippen LogP contribution is 2.36. The first-order valence-electron chi connectivity index (χ1n) is 6.30. The molecule has 0 saturated carbocycles. The lowest BCUT2D eigenvalue weighted by Crippen LogP contribution is -2.34. The SMILES string of the molecule is O=C(NNc1cc(C(F)(F)F)cc(C(F)(F)F)n1)Nc1cc(Cl)sc1Cl. The standard InChI is InChI=1S/C12H6Cl2F6N4OS/c13-7-3-5(9(14)26-7)21-10(25)24-23-8-2-4(11(15,16)17)1-6(22-8)12(18,19)20/h1-3H,(H,22,23)(H2,21,24,25). The van der Waals surface area contributed by atoms with Gasteiger partial charge in [-0.05, 0) is 18.2 Å². The van der Waals surface area contributed by atoms with E-state index in [1.54, 1.807) is 0 Å². The number of hydrazine groups is 1. The van der Waals surface area contributed by atoms with Gasteiger partial charge in [0, 0.05) is 0 Å². The number of rotatable bonds is 3. The normalized spacial score (nSPS) is 12.0. The largest absolute Gasteiger partial charge is 0.433 e. The molecule has 0 aliphatic heterocycles. The van der Waals surface area contributed by atoms with Crippen LogP contribution in [0.15, 0.2) is 18.2 Å². The Labute approximate surface area is 155 Å². The van der Waals surface area contributed by atoms with Crippen molar-refractivity contribution in [3.8, 4) is 0 Å². The van der Waals surface area contributed by atoms with Gasteiger partial charge in [0.25, 0.3) is 0 Å². The van der Waals surface area contributed by atoms with Crippen LogP contribution in [0.2, 0.25) is 8.67 Å². The molecular formula is C12H6Cl2F6N4OS. The van der Waals surface area contributed by atoms with Crippen molar-refractivity contribution in [1.29, 1.82) is 0 Å². The third-order valence-corrected chi connectivity index (χ3v) is 4.14. The Morgan fingerprint density at radius 3 is 2.19 bits per heavy atom. The van der Waals surface area contributed by atoms with E-state index < -0.39 is 35.5 Å². The summed E-state index contributed by atoms with van der Waals surface area (Å²) in [4.78, 5) is 14.7. The fraction of sp³-hybridized carbons (Fsp3) is 0.167. The number of anilines is 2. The molecule has 26 heavy (non-hydrogen) atoms. The summed E-state index contributed by atoms with van der Waals surface area (Å²) in [7, 11) is 0. The van der Waals surface area contributed by atoms with Gasteiger partial charge in [-0.2, -0.15) is 26.3 Å². The smallest absolute Gasteiger partial charge is 0.304 e. The summed E-state index contributed by atoms with van der Waals surface area (Å²) in [5, 5.41) is 2.20. The van der Waals surface area contributed by atoms with Gasteiger partial charge in [0.05, 0.1) is 15.6 Å². The average molecular weight is 439 g/mol. The fourth-order valence-corrected chi connectivity index (χ4v) is 2.98. The first kappa shape index (κ1) is 20.4. The van der Waals surface area contributed by atoms with Crippen LogP contribution in [0, 0.1) is 0 Å². The third kappa shape index (κ3) is 5.29. The molecule has 0 aliphatic carbocycles. The summed E-state index contributed by atoms with van der Waals surface area (Å²) in [6.07, 6.45) is -10.1. The molecule has 2 aromatic heterocycles. The fourth-order valence-electron chi connectivity index (χ4n) is 1.60. The van der Waals surface area contributed by atoms with E-state index >= 15 is 0 Å². The van der Waals surface area contributed by atoms with E-state index in [1.807, 2.05) is 10.9 Å². The van der Waals surface area contributed by atoms with Crippen molar-refractivity contribution in [3.05, 3.63) is 38.1 Å². The Morgan fingerprint density at radius 2 is 1.69 bits per heavy atom. The average Bonchev–Trinajstić information content (AvgIpc) is 2.81. The zero-order chi connectivity index (χ0) is 19.7. The van der Waals surface area contributed by atoms with Crippen LogP contribution >= 0.6 is 34.5 Å². The van der Waals surface area contributed by atoms with Crippen molar-refractivity contribution in [3.63, 3.8) is 0 Å². The molecule has 3 N–H and O–H groups in total. The highest BCUT2D eigenvalue weighted by Gasteiger charge is 2.38. The minimum absolute atomic E-state index is 0.106. The summed E-state index contributed by atoms with van der Waals surface area (Å²) in [5.41, 5.74) is 0.463. The van der Waals surface area contributed by atoms with Crippen molar-refractivity contribution < 1.29 is 31.1 Å². The van der Waals surface area contributed by atoms with Crippen molar-refractivity contribution in [2.45, 2.75) is 12.4 Å². The molecule has 5 nitrogen and oxygen atoms in total. The van der Waals surface area contributed by atoms with Crippen molar-refractivity contribution in [2.75, 3.05) is 10.7 Å². The van der Waals surface area contributed by atoms with Crippen molar-refractivity contribution in [2.24, 2.45) is 0 Å². The molecule has 2 rings (SSSR count). The second-order valence-electron chi connectivity index (χ2n) is 4.56. The molecule has 0 unspecified atom stereocenters. The molecule has 2 aromatic rings. The number of carbonyl (C=O) groups excluding carboxylic acids is 1. The van der Waals surface area contributed by atoms with Gasteiger partial charge < -0.3 is 5.32 Å². The van der Waals surface area contributed by atoms with E-state index in [1.165, 1.54) is 6.07 Å². The number of hydrogen-bond acceptors (Lipinski definition) is 4. The van der Waals surface area contributed by atoms with Crippen LogP contribution in [0.5, 0.6) is 0 Å². The van der Waals surface area contributed by atoms with Gasteiger partial charge in [0.2, 0.25) is 0 Å². The topological polar surface area (TPSA) is 66.0 Å². The van der Waals surface area contributed by atoms with Crippen LogP contribution < -0.4 is 16.2 Å². The Morgan fingerprint density at radius 1 is 1.04 bits per heavy atom. The number of thiophene rings is 1. The molecule has 0 spiro atoms. The molecule has 0 atom stereocenters. The van der Waals surface area contributed by atoms with E-state index in [2.05, 4.69) is 10.3 Å². The number of nitrogens with zero attached hydrogens (tertiary/aromatic N) is 1. The number of nitrogens with one attached hydrogen (secondary N) is 3. The molecule has 0 aromatic carbocycles. The minimum atomic E-state index is -5.11. The van der Waals surface area contributed by atoms with Gasteiger partial charge in [-0.25, -0.2) is 9.78 Å². The van der Waals surface area contributed by atoms with E-state index in [0.717, 1.165) is 11.3 Å². The number of alkyl halides is 6. The van der Waals surface area contributed by atoms with E-state index in [0.29, 0.717) is 6.07 Å². The van der Waals surface area contributed by atoms with Gasteiger partial charge in [0.15, 0.2) is 0 Å². The second-order valence-corrected chi connectivity index (χ2v) is 6.85. The van der Waals surface area contributed by atoms with Gasteiger partial charge >= 0.3 is 18.4 Å². The summed E-state index contributed by atoms with van der Waals surface area (Å²) in [6.45, 7) is 0. The summed E-state index contributed by atoms with van der Waals surface area (Å²) < 4.78 is 76.6. The molecule has 0 fully saturated rings. The summed E-state index contributed by atoms with van der Waals surface area (Å²) >= 11 is 12.4. The van der Waals surface area contributed by atoms with Gasteiger partial charge in [0.1, 0.15) is 15.8 Å². The van der Waals surface area contributed by atoms with Crippen molar-refractivity contribution in [1.82, 2.24) is 10.4 Å². The maximum absolute atomic E-state index is 12.7. The lowest BCUT2D eigenvalue weighted by Gasteiger charge is -2.14. The number of carbonyl (C=O) groups is 1. The molecule has 0 aliphatic rings. The first-order valence-corrected chi connectivity index (χ1v) is 7.88. The lowest BCUT2D eigenvalue weighted by atomic mass is 10.2. The number of hydrogen-bond donors (Lipinski definition) is 3. The Bertz CT molecular complexity index is 791. The predicted octanol–water partition coefficient (Wildman–Crippen LogP) is 5.64.